The van der Waals surface area contributed by atoms with Gasteiger partial charge in [-0.1, -0.05) is 55.1 Å². The quantitative estimate of drug-likeness (QED) is 0.522. The highest BCUT2D eigenvalue weighted by Crippen LogP contribution is 2.13. The van der Waals surface area contributed by atoms with Crippen molar-refractivity contribution in [3.05, 3.63) is 34.9 Å². The van der Waals surface area contributed by atoms with Gasteiger partial charge in [0.25, 0.3) is 0 Å². The van der Waals surface area contributed by atoms with Gasteiger partial charge in [-0.3, -0.25) is 0 Å². The standard InChI is InChI=1S/C12H17Cl2Si/c1-2-3-8-15(10-13)9-11-4-6-12(14)7-5-11/h4-7H,2-3,8-10H2,1H3. The van der Waals surface area contributed by atoms with Gasteiger partial charge in [0.05, 0.1) is 8.80 Å². The van der Waals surface area contributed by atoms with Crippen LogP contribution in [0.15, 0.2) is 24.3 Å². The van der Waals surface area contributed by atoms with Crippen molar-refractivity contribution < 1.29 is 0 Å². The normalized spacial score (nSPS) is 10.9. The minimum Gasteiger partial charge on any atom is -0.130 e. The number of hydrogen-bond donors (Lipinski definition) is 0. The van der Waals surface area contributed by atoms with Gasteiger partial charge in [0, 0.05) is 10.5 Å². The van der Waals surface area contributed by atoms with Crippen LogP contribution >= 0.6 is 23.2 Å². The fraction of sp³-hybridized carbons (Fsp3) is 0.500. The molecule has 0 saturated heterocycles. The second-order valence-corrected chi connectivity index (χ2v) is 7.65. The average molecular weight is 260 g/mol. The van der Waals surface area contributed by atoms with Crippen LogP contribution in [0.3, 0.4) is 0 Å². The number of halogens is 2. The maximum absolute atomic E-state index is 6.00. The first-order chi connectivity index (χ1) is 7.26. The first-order valence-corrected chi connectivity index (χ1v) is 8.43. The van der Waals surface area contributed by atoms with Crippen molar-refractivity contribution in [2.45, 2.75) is 31.9 Å². The van der Waals surface area contributed by atoms with Gasteiger partial charge in [0.15, 0.2) is 0 Å². The molecule has 0 amide bonds. The molecule has 0 saturated carbocycles. The van der Waals surface area contributed by atoms with Crippen LogP contribution in [0.5, 0.6) is 0 Å². The zero-order chi connectivity index (χ0) is 11.1. The third-order valence-electron chi connectivity index (χ3n) is 2.44. The molecule has 0 aliphatic heterocycles. The van der Waals surface area contributed by atoms with E-state index in [0.717, 1.165) is 10.5 Å². The maximum Gasteiger partial charge on any atom is 0.0704 e. The molecule has 83 valence electrons. The molecule has 3 heteroatoms. The second kappa shape index (κ2) is 7.32. The molecule has 1 rings (SSSR count). The summed E-state index contributed by atoms with van der Waals surface area (Å²) in [7, 11) is -0.389. The topological polar surface area (TPSA) is 0 Å². The number of unbranched alkanes of at least 4 members (excludes halogenated alkanes) is 1. The lowest BCUT2D eigenvalue weighted by atomic mass is 10.2. The molecule has 0 unspecified atom stereocenters. The van der Waals surface area contributed by atoms with E-state index in [-0.39, 0.29) is 8.80 Å². The van der Waals surface area contributed by atoms with Crippen molar-refractivity contribution in [3.8, 4) is 0 Å². The van der Waals surface area contributed by atoms with Gasteiger partial charge in [-0.2, -0.15) is 0 Å². The Morgan fingerprint density at radius 2 is 1.87 bits per heavy atom. The van der Waals surface area contributed by atoms with Gasteiger partial charge in [-0.15, -0.1) is 11.6 Å². The molecule has 0 aliphatic rings. The van der Waals surface area contributed by atoms with Crippen LogP contribution < -0.4 is 0 Å². The van der Waals surface area contributed by atoms with Crippen LogP contribution in [0.25, 0.3) is 0 Å². The van der Waals surface area contributed by atoms with Gasteiger partial charge in [0.2, 0.25) is 0 Å². The predicted molar refractivity (Wildman–Crippen MR) is 71.3 cm³/mol. The van der Waals surface area contributed by atoms with Crippen LogP contribution in [0.1, 0.15) is 25.3 Å². The molecular weight excluding hydrogens is 243 g/mol. The van der Waals surface area contributed by atoms with E-state index in [1.807, 2.05) is 12.1 Å². The summed E-state index contributed by atoms with van der Waals surface area (Å²) in [6.45, 7) is 2.23. The molecule has 0 spiro atoms. The number of hydrogen-bond acceptors (Lipinski definition) is 0. The monoisotopic (exact) mass is 259 g/mol. The lowest BCUT2D eigenvalue weighted by molar-refractivity contribution is 0.870. The van der Waals surface area contributed by atoms with Crippen molar-refractivity contribution in [1.29, 1.82) is 0 Å². The second-order valence-electron chi connectivity index (χ2n) is 3.79. The Labute approximate surface area is 104 Å². The molecular formula is C12H17Cl2Si. The minimum atomic E-state index is -0.389. The summed E-state index contributed by atoms with van der Waals surface area (Å²) in [5, 5.41) is 0.812. The van der Waals surface area contributed by atoms with Crippen molar-refractivity contribution in [2.75, 3.05) is 5.50 Å². The first-order valence-electron chi connectivity index (χ1n) is 5.40. The molecule has 1 aromatic rings. The van der Waals surface area contributed by atoms with E-state index in [1.54, 1.807) is 0 Å². The Bertz CT molecular complexity index is 271. The van der Waals surface area contributed by atoms with E-state index in [2.05, 4.69) is 19.1 Å². The molecule has 0 heterocycles. The molecule has 15 heavy (non-hydrogen) atoms. The lowest BCUT2D eigenvalue weighted by Gasteiger charge is -2.11. The van der Waals surface area contributed by atoms with E-state index in [9.17, 15) is 0 Å². The van der Waals surface area contributed by atoms with E-state index >= 15 is 0 Å². The lowest BCUT2D eigenvalue weighted by Crippen LogP contribution is -2.19. The number of rotatable bonds is 6. The van der Waals surface area contributed by atoms with Crippen LogP contribution in [0, 0.1) is 0 Å². The smallest absolute Gasteiger partial charge is 0.0704 e. The molecule has 0 N–H and O–H groups in total. The van der Waals surface area contributed by atoms with Gasteiger partial charge >= 0.3 is 0 Å². The zero-order valence-electron chi connectivity index (χ0n) is 9.10. The highest BCUT2D eigenvalue weighted by molar-refractivity contribution is 6.66. The molecule has 0 nitrogen and oxygen atoms in total. The number of alkyl halides is 1. The minimum absolute atomic E-state index is 0.389. The molecule has 0 aliphatic carbocycles. The van der Waals surface area contributed by atoms with Gasteiger partial charge in [-0.25, -0.2) is 0 Å². The average Bonchev–Trinajstić information content (AvgIpc) is 2.27. The Kier molecular flexibility index (Phi) is 6.38. The molecule has 0 atom stereocenters. The summed E-state index contributed by atoms with van der Waals surface area (Å²) in [6.07, 6.45) is 2.58. The summed E-state index contributed by atoms with van der Waals surface area (Å²) >= 11 is 11.9. The molecule has 1 radical (unpaired) electrons. The van der Waals surface area contributed by atoms with Crippen LogP contribution in [-0.2, 0) is 6.04 Å². The molecule has 0 bridgehead atoms. The summed E-state index contributed by atoms with van der Waals surface area (Å²) in [4.78, 5) is 0. The Morgan fingerprint density at radius 1 is 1.20 bits per heavy atom. The maximum atomic E-state index is 6.00. The molecule has 1 aromatic carbocycles. The highest BCUT2D eigenvalue weighted by Gasteiger charge is 2.09. The molecule has 0 fully saturated rings. The highest BCUT2D eigenvalue weighted by atomic mass is 35.5. The van der Waals surface area contributed by atoms with E-state index < -0.39 is 0 Å². The summed E-state index contributed by atoms with van der Waals surface area (Å²) < 4.78 is 0. The van der Waals surface area contributed by atoms with Crippen molar-refractivity contribution in [1.82, 2.24) is 0 Å². The fourth-order valence-electron chi connectivity index (χ4n) is 1.52. The van der Waals surface area contributed by atoms with E-state index in [4.69, 9.17) is 23.2 Å². The van der Waals surface area contributed by atoms with Crippen LogP contribution in [0.4, 0.5) is 0 Å². The van der Waals surface area contributed by atoms with E-state index in [0.29, 0.717) is 0 Å². The Hall–Kier alpha value is 0.0169. The Morgan fingerprint density at radius 3 is 2.40 bits per heavy atom. The third-order valence-corrected chi connectivity index (χ3v) is 6.17. The molecule has 0 aromatic heterocycles. The van der Waals surface area contributed by atoms with Crippen LogP contribution in [-0.4, -0.2) is 14.3 Å². The van der Waals surface area contributed by atoms with Crippen molar-refractivity contribution >= 4 is 32.0 Å². The van der Waals surface area contributed by atoms with Crippen molar-refractivity contribution in [3.63, 3.8) is 0 Å². The summed E-state index contributed by atoms with van der Waals surface area (Å²) in [6, 6.07) is 10.7. The fourth-order valence-corrected chi connectivity index (χ4v) is 4.40. The van der Waals surface area contributed by atoms with E-state index in [1.165, 1.54) is 30.5 Å². The largest absolute Gasteiger partial charge is 0.130 e. The number of benzene rings is 1. The first kappa shape index (κ1) is 13.1. The summed E-state index contributed by atoms with van der Waals surface area (Å²) in [5.74, 6) is 0. The summed E-state index contributed by atoms with van der Waals surface area (Å²) in [5.41, 5.74) is 2.23. The van der Waals surface area contributed by atoms with Crippen LogP contribution in [0.2, 0.25) is 11.1 Å². The third kappa shape index (κ3) is 5.05. The van der Waals surface area contributed by atoms with Gasteiger partial charge in [-0.05, 0) is 18.2 Å². The van der Waals surface area contributed by atoms with Crippen molar-refractivity contribution in [2.24, 2.45) is 0 Å². The predicted octanol–water partition coefficient (Wildman–Crippen LogP) is 4.49. The van der Waals surface area contributed by atoms with Gasteiger partial charge < -0.3 is 0 Å². The SMILES string of the molecule is CCCC[Si](CCl)Cc1ccc(Cl)cc1. The zero-order valence-corrected chi connectivity index (χ0v) is 11.6. The van der Waals surface area contributed by atoms with Gasteiger partial charge in [0.1, 0.15) is 0 Å². The Balaban J connectivity index is 2.47.